The summed E-state index contributed by atoms with van der Waals surface area (Å²) in [5.41, 5.74) is 0.839. The number of rotatable bonds is 8. The summed E-state index contributed by atoms with van der Waals surface area (Å²) in [6.07, 6.45) is 0. The fraction of sp³-hybridized carbons (Fsp3) is 0.174. The maximum atomic E-state index is 12.6. The molecule has 178 valence electrons. The molecule has 0 saturated carbocycles. The minimum absolute atomic E-state index is 0.0209. The molecule has 3 aromatic rings. The van der Waals surface area contributed by atoms with Crippen LogP contribution in [0.2, 0.25) is 5.02 Å². The quantitative estimate of drug-likeness (QED) is 0.478. The molecule has 9 nitrogen and oxygen atoms in total. The van der Waals surface area contributed by atoms with Crippen molar-refractivity contribution in [2.75, 3.05) is 37.0 Å². The Morgan fingerprint density at radius 3 is 2.38 bits per heavy atom. The third-order valence-electron chi connectivity index (χ3n) is 4.73. The number of hydrogen-bond donors (Lipinski definition) is 2. The van der Waals surface area contributed by atoms with Gasteiger partial charge in [0.1, 0.15) is 24.7 Å². The lowest BCUT2D eigenvalue weighted by atomic mass is 10.2. The SMILES string of the molecule is COc1ccc(NS(=O)(=O)c2ccc(OCC(=O)Nc3ccc4c(c3)OCCO4)cc2)cc1Cl. The van der Waals surface area contributed by atoms with E-state index in [0.717, 1.165) is 0 Å². The molecule has 0 fully saturated rings. The first-order valence-corrected chi connectivity index (χ1v) is 12.0. The van der Waals surface area contributed by atoms with Gasteiger partial charge in [-0.15, -0.1) is 0 Å². The summed E-state index contributed by atoms with van der Waals surface area (Å²) in [5, 5.41) is 2.99. The highest BCUT2D eigenvalue weighted by molar-refractivity contribution is 7.92. The van der Waals surface area contributed by atoms with Crippen molar-refractivity contribution in [3.8, 4) is 23.0 Å². The zero-order chi connectivity index (χ0) is 24.1. The Balaban J connectivity index is 1.33. The van der Waals surface area contributed by atoms with E-state index < -0.39 is 10.0 Å². The average Bonchev–Trinajstić information content (AvgIpc) is 2.83. The molecule has 0 aromatic heterocycles. The lowest BCUT2D eigenvalue weighted by Crippen LogP contribution is -2.21. The second-order valence-electron chi connectivity index (χ2n) is 7.12. The number of anilines is 2. The van der Waals surface area contributed by atoms with Crippen molar-refractivity contribution in [3.05, 3.63) is 65.7 Å². The van der Waals surface area contributed by atoms with Gasteiger partial charge in [0.05, 0.1) is 22.7 Å². The zero-order valence-corrected chi connectivity index (χ0v) is 19.6. The number of methoxy groups -OCH3 is 1. The van der Waals surface area contributed by atoms with E-state index in [1.165, 1.54) is 37.4 Å². The molecule has 1 aliphatic rings. The molecule has 11 heteroatoms. The predicted molar refractivity (Wildman–Crippen MR) is 127 cm³/mol. The maximum absolute atomic E-state index is 12.6. The van der Waals surface area contributed by atoms with Crippen LogP contribution in [0.4, 0.5) is 11.4 Å². The Hall–Kier alpha value is -3.63. The van der Waals surface area contributed by atoms with Crippen LogP contribution in [0.1, 0.15) is 0 Å². The van der Waals surface area contributed by atoms with Gasteiger partial charge in [-0.2, -0.15) is 0 Å². The number of amides is 1. The topological polar surface area (TPSA) is 112 Å². The van der Waals surface area contributed by atoms with Gasteiger partial charge in [-0.05, 0) is 54.6 Å². The monoisotopic (exact) mass is 504 g/mol. The standard InChI is InChI=1S/C23H21ClN2O7S/c1-30-20-8-3-16(12-19(20)24)26-34(28,29)18-6-4-17(5-7-18)33-14-23(27)25-15-2-9-21-22(13-15)32-11-10-31-21/h2-9,12-13,26H,10-11,14H2,1H3,(H,25,27). The zero-order valence-electron chi connectivity index (χ0n) is 18.0. The molecular weight excluding hydrogens is 484 g/mol. The van der Waals surface area contributed by atoms with Crippen LogP contribution in [0.15, 0.2) is 65.6 Å². The second-order valence-corrected chi connectivity index (χ2v) is 9.21. The smallest absolute Gasteiger partial charge is 0.262 e. The summed E-state index contributed by atoms with van der Waals surface area (Å²) >= 11 is 6.05. The Kier molecular flexibility index (Phi) is 6.99. The van der Waals surface area contributed by atoms with Crippen molar-refractivity contribution in [2.24, 2.45) is 0 Å². The lowest BCUT2D eigenvalue weighted by molar-refractivity contribution is -0.118. The highest BCUT2D eigenvalue weighted by Gasteiger charge is 2.16. The number of hydrogen-bond acceptors (Lipinski definition) is 7. The third-order valence-corrected chi connectivity index (χ3v) is 6.43. The third kappa shape index (κ3) is 5.64. The van der Waals surface area contributed by atoms with E-state index >= 15 is 0 Å². The molecule has 0 radical (unpaired) electrons. The van der Waals surface area contributed by atoms with Crippen LogP contribution < -0.4 is 29.0 Å². The van der Waals surface area contributed by atoms with Gasteiger partial charge in [-0.3, -0.25) is 9.52 Å². The van der Waals surface area contributed by atoms with Crippen molar-refractivity contribution < 1.29 is 32.2 Å². The number of sulfonamides is 1. The Labute approximate surface area is 201 Å². The first kappa shape index (κ1) is 23.5. The summed E-state index contributed by atoms with van der Waals surface area (Å²) in [5.74, 6) is 1.58. The minimum atomic E-state index is -3.85. The molecule has 1 amide bonds. The molecule has 0 saturated heterocycles. The molecule has 2 N–H and O–H groups in total. The largest absolute Gasteiger partial charge is 0.495 e. The molecule has 0 unspecified atom stereocenters. The van der Waals surface area contributed by atoms with E-state index in [9.17, 15) is 13.2 Å². The molecular formula is C23H21ClN2O7S. The summed E-state index contributed by atoms with van der Waals surface area (Å²) in [4.78, 5) is 12.2. The highest BCUT2D eigenvalue weighted by atomic mass is 35.5. The molecule has 4 rings (SSSR count). The van der Waals surface area contributed by atoms with Crippen LogP contribution in [0.5, 0.6) is 23.0 Å². The summed E-state index contributed by atoms with van der Waals surface area (Å²) in [6.45, 7) is 0.671. The van der Waals surface area contributed by atoms with Crippen molar-refractivity contribution >= 4 is 38.9 Å². The Morgan fingerprint density at radius 2 is 1.68 bits per heavy atom. The Bertz CT molecular complexity index is 1300. The van der Waals surface area contributed by atoms with E-state index in [1.807, 2.05) is 0 Å². The number of fused-ring (bicyclic) bond motifs is 1. The summed E-state index contributed by atoms with van der Waals surface area (Å²) in [7, 11) is -2.38. The summed E-state index contributed by atoms with van der Waals surface area (Å²) in [6, 6.07) is 15.3. The number of nitrogens with one attached hydrogen (secondary N) is 2. The number of benzene rings is 3. The number of halogens is 1. The fourth-order valence-corrected chi connectivity index (χ4v) is 4.43. The van der Waals surface area contributed by atoms with E-state index in [4.69, 9.17) is 30.5 Å². The van der Waals surface area contributed by atoms with Crippen LogP contribution in [0, 0.1) is 0 Å². The predicted octanol–water partition coefficient (Wildman–Crippen LogP) is 3.94. The van der Waals surface area contributed by atoms with E-state index in [0.29, 0.717) is 47.6 Å². The molecule has 34 heavy (non-hydrogen) atoms. The molecule has 1 heterocycles. The van der Waals surface area contributed by atoms with Crippen molar-refractivity contribution in [2.45, 2.75) is 4.90 Å². The number of carbonyl (C=O) groups excluding carboxylic acids is 1. The normalized spacial score (nSPS) is 12.5. The molecule has 0 spiro atoms. The minimum Gasteiger partial charge on any atom is -0.495 e. The molecule has 3 aromatic carbocycles. The maximum Gasteiger partial charge on any atom is 0.262 e. The second kappa shape index (κ2) is 10.1. The molecule has 0 bridgehead atoms. The van der Waals surface area contributed by atoms with Gasteiger partial charge >= 0.3 is 0 Å². The lowest BCUT2D eigenvalue weighted by Gasteiger charge is -2.19. The van der Waals surface area contributed by atoms with Gasteiger partial charge in [-0.1, -0.05) is 11.6 Å². The van der Waals surface area contributed by atoms with Crippen LogP contribution in [-0.4, -0.2) is 41.3 Å². The molecule has 0 atom stereocenters. The van der Waals surface area contributed by atoms with Gasteiger partial charge in [0, 0.05) is 11.8 Å². The Morgan fingerprint density at radius 1 is 0.971 bits per heavy atom. The fourth-order valence-electron chi connectivity index (χ4n) is 3.13. The summed E-state index contributed by atoms with van der Waals surface area (Å²) < 4.78 is 49.2. The number of carbonyl (C=O) groups is 1. The average molecular weight is 505 g/mol. The first-order valence-electron chi connectivity index (χ1n) is 10.1. The number of ether oxygens (including phenoxy) is 4. The van der Waals surface area contributed by atoms with E-state index in [2.05, 4.69) is 10.0 Å². The first-order chi connectivity index (χ1) is 16.3. The van der Waals surface area contributed by atoms with E-state index in [-0.39, 0.29) is 22.4 Å². The van der Waals surface area contributed by atoms with Gasteiger partial charge in [0.2, 0.25) is 0 Å². The highest BCUT2D eigenvalue weighted by Crippen LogP contribution is 2.32. The van der Waals surface area contributed by atoms with Gasteiger partial charge in [0.25, 0.3) is 15.9 Å². The van der Waals surface area contributed by atoms with Crippen LogP contribution in [0.25, 0.3) is 0 Å². The van der Waals surface area contributed by atoms with Crippen molar-refractivity contribution in [1.82, 2.24) is 0 Å². The van der Waals surface area contributed by atoms with Gasteiger partial charge < -0.3 is 24.3 Å². The van der Waals surface area contributed by atoms with Crippen LogP contribution in [-0.2, 0) is 14.8 Å². The molecule has 1 aliphatic heterocycles. The van der Waals surface area contributed by atoms with Crippen molar-refractivity contribution in [1.29, 1.82) is 0 Å². The van der Waals surface area contributed by atoms with E-state index in [1.54, 1.807) is 30.3 Å². The van der Waals surface area contributed by atoms with Crippen LogP contribution in [0.3, 0.4) is 0 Å². The van der Waals surface area contributed by atoms with Gasteiger partial charge in [0.15, 0.2) is 18.1 Å². The van der Waals surface area contributed by atoms with Crippen molar-refractivity contribution in [3.63, 3.8) is 0 Å². The molecule has 0 aliphatic carbocycles. The van der Waals surface area contributed by atoms with Crippen LogP contribution >= 0.6 is 11.6 Å². The van der Waals surface area contributed by atoms with Gasteiger partial charge in [-0.25, -0.2) is 8.42 Å².